The maximum absolute atomic E-state index is 11.7. The zero-order valence-corrected chi connectivity index (χ0v) is 11.7. The van der Waals surface area contributed by atoms with Gasteiger partial charge >= 0.3 is 12.0 Å². The van der Waals surface area contributed by atoms with E-state index in [-0.39, 0.29) is 6.42 Å². The van der Waals surface area contributed by atoms with Crippen molar-refractivity contribution in [2.24, 2.45) is 0 Å². The van der Waals surface area contributed by atoms with Crippen LogP contribution in [-0.2, 0) is 11.2 Å². The molecule has 2 amide bonds. The second kappa shape index (κ2) is 6.36. The summed E-state index contributed by atoms with van der Waals surface area (Å²) in [5.74, 6) is -0.967. The van der Waals surface area contributed by atoms with Crippen molar-refractivity contribution in [3.8, 4) is 0 Å². The van der Waals surface area contributed by atoms with Crippen molar-refractivity contribution >= 4 is 45.8 Å². The highest BCUT2D eigenvalue weighted by atomic mass is 35.5. The molecule has 0 saturated heterocycles. The Balaban J connectivity index is 1.94. The molecule has 2 rings (SSSR count). The Morgan fingerprint density at radius 1 is 1.35 bits per heavy atom. The van der Waals surface area contributed by atoms with Gasteiger partial charge in [0, 0.05) is 16.1 Å². The summed E-state index contributed by atoms with van der Waals surface area (Å²) in [6.45, 7) is 0. The predicted molar refractivity (Wildman–Crippen MR) is 77.5 cm³/mol. The van der Waals surface area contributed by atoms with E-state index >= 15 is 0 Å². The van der Waals surface area contributed by atoms with Gasteiger partial charge in [0.1, 0.15) is 0 Å². The van der Waals surface area contributed by atoms with Crippen LogP contribution in [0.2, 0.25) is 5.02 Å². The number of halogens is 1. The number of nitrogens with one attached hydrogen (secondary N) is 2. The van der Waals surface area contributed by atoms with E-state index in [2.05, 4.69) is 15.6 Å². The van der Waals surface area contributed by atoms with Crippen LogP contribution in [0.1, 0.15) is 5.69 Å². The first-order valence-corrected chi connectivity index (χ1v) is 6.78. The molecule has 0 bridgehead atoms. The smallest absolute Gasteiger partial charge is 0.325 e. The number of carbonyl (C=O) groups is 2. The third kappa shape index (κ3) is 4.22. The Labute approximate surface area is 123 Å². The molecule has 1 aromatic heterocycles. The Morgan fingerprint density at radius 2 is 2.15 bits per heavy atom. The summed E-state index contributed by atoms with van der Waals surface area (Å²) in [5.41, 5.74) is 0.956. The first-order valence-electron chi connectivity index (χ1n) is 5.53. The SMILES string of the molecule is O=C(O)Cc1csc(NC(=O)Nc2cccc(Cl)c2)n1. The van der Waals surface area contributed by atoms with Crippen LogP contribution in [0.3, 0.4) is 0 Å². The molecule has 20 heavy (non-hydrogen) atoms. The van der Waals surface area contributed by atoms with Crippen molar-refractivity contribution < 1.29 is 14.7 Å². The molecule has 2 aromatic rings. The highest BCUT2D eigenvalue weighted by Crippen LogP contribution is 2.18. The Kier molecular flexibility index (Phi) is 4.54. The van der Waals surface area contributed by atoms with Gasteiger partial charge in [-0.1, -0.05) is 17.7 Å². The van der Waals surface area contributed by atoms with Crippen molar-refractivity contribution in [3.63, 3.8) is 0 Å². The largest absolute Gasteiger partial charge is 0.481 e. The quantitative estimate of drug-likeness (QED) is 0.809. The molecule has 0 fully saturated rings. The van der Waals surface area contributed by atoms with E-state index in [9.17, 15) is 9.59 Å². The Morgan fingerprint density at radius 3 is 2.85 bits per heavy atom. The van der Waals surface area contributed by atoms with Gasteiger partial charge in [0.25, 0.3) is 0 Å². The second-order valence-electron chi connectivity index (χ2n) is 3.80. The van der Waals surface area contributed by atoms with Crippen molar-refractivity contribution in [2.75, 3.05) is 10.6 Å². The van der Waals surface area contributed by atoms with E-state index < -0.39 is 12.0 Å². The first kappa shape index (κ1) is 14.3. The lowest BCUT2D eigenvalue weighted by molar-refractivity contribution is -0.136. The molecular weight excluding hydrogens is 302 g/mol. The minimum atomic E-state index is -0.967. The number of thiazole rings is 1. The number of nitrogens with zero attached hydrogens (tertiary/aromatic N) is 1. The number of carboxylic acid groups (broad SMARTS) is 1. The van der Waals surface area contributed by atoms with Crippen molar-refractivity contribution in [1.29, 1.82) is 0 Å². The molecule has 0 atom stereocenters. The number of aliphatic carboxylic acids is 1. The summed E-state index contributed by atoms with van der Waals surface area (Å²) in [4.78, 5) is 26.2. The van der Waals surface area contributed by atoms with Crippen LogP contribution in [0.15, 0.2) is 29.6 Å². The molecule has 0 aliphatic rings. The predicted octanol–water partition coefficient (Wildman–Crippen LogP) is 3.07. The van der Waals surface area contributed by atoms with Crippen LogP contribution < -0.4 is 10.6 Å². The number of hydrogen-bond acceptors (Lipinski definition) is 4. The standard InChI is InChI=1S/C12H10ClN3O3S/c13-7-2-1-3-8(4-7)14-11(19)16-12-15-9(6-20-12)5-10(17)18/h1-4,6H,5H2,(H,17,18)(H2,14,15,16,19). The second-order valence-corrected chi connectivity index (χ2v) is 5.10. The van der Waals surface area contributed by atoms with Crippen molar-refractivity contribution in [3.05, 3.63) is 40.4 Å². The zero-order valence-electron chi connectivity index (χ0n) is 10.1. The third-order valence-corrected chi connectivity index (χ3v) is 3.23. The van der Waals surface area contributed by atoms with Crippen LogP contribution in [-0.4, -0.2) is 22.1 Å². The van der Waals surface area contributed by atoms with Crippen molar-refractivity contribution in [2.45, 2.75) is 6.42 Å². The Bertz CT molecular complexity index is 644. The molecule has 0 saturated carbocycles. The molecule has 0 aliphatic carbocycles. The Hall–Kier alpha value is -2.12. The molecule has 0 spiro atoms. The van der Waals surface area contributed by atoms with Crippen LogP contribution in [0.5, 0.6) is 0 Å². The van der Waals surface area contributed by atoms with E-state index in [1.165, 1.54) is 0 Å². The summed E-state index contributed by atoms with van der Waals surface area (Å²) < 4.78 is 0. The van der Waals surface area contributed by atoms with E-state index in [1.807, 2.05) is 0 Å². The summed E-state index contributed by atoms with van der Waals surface area (Å²) in [6.07, 6.45) is -0.173. The average molecular weight is 312 g/mol. The minimum Gasteiger partial charge on any atom is -0.481 e. The minimum absolute atomic E-state index is 0.173. The summed E-state index contributed by atoms with van der Waals surface area (Å²) in [7, 11) is 0. The molecule has 1 aromatic carbocycles. The third-order valence-electron chi connectivity index (χ3n) is 2.19. The van der Waals surface area contributed by atoms with Gasteiger partial charge in [0.05, 0.1) is 12.1 Å². The number of hydrogen-bond donors (Lipinski definition) is 3. The fourth-order valence-corrected chi connectivity index (χ4v) is 2.32. The van der Waals surface area contributed by atoms with Gasteiger partial charge in [-0.3, -0.25) is 10.1 Å². The van der Waals surface area contributed by atoms with Crippen LogP contribution in [0.4, 0.5) is 15.6 Å². The van der Waals surface area contributed by atoms with Crippen LogP contribution >= 0.6 is 22.9 Å². The highest BCUT2D eigenvalue weighted by Gasteiger charge is 2.09. The number of rotatable bonds is 4. The molecular formula is C12H10ClN3O3S. The summed E-state index contributed by atoms with van der Waals surface area (Å²) in [6, 6.07) is 6.25. The summed E-state index contributed by atoms with van der Waals surface area (Å²) in [5, 5.41) is 16.2. The normalized spacial score (nSPS) is 10.1. The van der Waals surface area contributed by atoms with E-state index in [1.54, 1.807) is 29.6 Å². The average Bonchev–Trinajstić information content (AvgIpc) is 2.75. The van der Waals surface area contributed by atoms with Gasteiger partial charge in [-0.2, -0.15) is 0 Å². The van der Waals surface area contributed by atoms with Crippen molar-refractivity contribution in [1.82, 2.24) is 4.98 Å². The lowest BCUT2D eigenvalue weighted by Crippen LogP contribution is -2.19. The lowest BCUT2D eigenvalue weighted by Gasteiger charge is -2.05. The number of benzene rings is 1. The van der Waals surface area contributed by atoms with Crippen LogP contribution in [0.25, 0.3) is 0 Å². The molecule has 0 unspecified atom stereocenters. The number of anilines is 2. The number of aromatic nitrogens is 1. The number of carbonyl (C=O) groups excluding carboxylic acids is 1. The first-order chi connectivity index (χ1) is 9.52. The maximum atomic E-state index is 11.7. The van der Waals surface area contributed by atoms with E-state index in [0.717, 1.165) is 11.3 Å². The topological polar surface area (TPSA) is 91.3 Å². The molecule has 1 heterocycles. The molecule has 0 radical (unpaired) electrons. The molecule has 0 aliphatic heterocycles. The lowest BCUT2D eigenvalue weighted by atomic mass is 10.3. The zero-order chi connectivity index (χ0) is 14.5. The molecule has 3 N–H and O–H groups in total. The maximum Gasteiger partial charge on any atom is 0.325 e. The number of urea groups is 1. The van der Waals surface area contributed by atoms with Gasteiger partial charge in [-0.15, -0.1) is 11.3 Å². The fourth-order valence-electron chi connectivity index (χ4n) is 1.43. The van der Waals surface area contributed by atoms with Gasteiger partial charge in [0.2, 0.25) is 0 Å². The number of amides is 2. The highest BCUT2D eigenvalue weighted by molar-refractivity contribution is 7.13. The van der Waals surface area contributed by atoms with Gasteiger partial charge in [-0.25, -0.2) is 9.78 Å². The number of carboxylic acids is 1. The van der Waals surface area contributed by atoms with E-state index in [4.69, 9.17) is 16.7 Å². The van der Waals surface area contributed by atoms with E-state index in [0.29, 0.717) is 21.5 Å². The van der Waals surface area contributed by atoms with Crippen LogP contribution in [0, 0.1) is 0 Å². The van der Waals surface area contributed by atoms with Gasteiger partial charge in [-0.05, 0) is 18.2 Å². The molecule has 104 valence electrons. The monoisotopic (exact) mass is 311 g/mol. The fraction of sp³-hybridized carbons (Fsp3) is 0.0833. The molecule has 8 heteroatoms. The summed E-state index contributed by atoms with van der Waals surface area (Å²) >= 11 is 6.96. The van der Waals surface area contributed by atoms with Gasteiger partial charge in [0.15, 0.2) is 5.13 Å². The van der Waals surface area contributed by atoms with Gasteiger partial charge < -0.3 is 10.4 Å². The molecule has 6 nitrogen and oxygen atoms in total.